The van der Waals surface area contributed by atoms with Gasteiger partial charge in [0.25, 0.3) is 0 Å². The van der Waals surface area contributed by atoms with Gasteiger partial charge in [-0.15, -0.1) is 23.4 Å². The number of hydrogen-bond acceptors (Lipinski definition) is 3. The second kappa shape index (κ2) is 7.38. The van der Waals surface area contributed by atoms with E-state index in [2.05, 4.69) is 15.9 Å². The average molecular weight is 426 g/mol. The van der Waals surface area contributed by atoms with Crippen LogP contribution in [0, 0.1) is 0 Å². The number of rotatable bonds is 5. The van der Waals surface area contributed by atoms with Crippen molar-refractivity contribution in [2.24, 2.45) is 0 Å². The molecule has 1 atom stereocenters. The maximum Gasteiger partial charge on any atom is 0.192 e. The van der Waals surface area contributed by atoms with Crippen LogP contribution in [0.1, 0.15) is 0 Å². The van der Waals surface area contributed by atoms with E-state index in [1.165, 1.54) is 23.9 Å². The Morgan fingerprint density at radius 3 is 2.14 bits per heavy atom. The smallest absolute Gasteiger partial charge is 0.192 e. The van der Waals surface area contributed by atoms with Crippen LogP contribution in [0.5, 0.6) is 0 Å². The van der Waals surface area contributed by atoms with Crippen molar-refractivity contribution >= 4 is 60.7 Å². The third kappa shape index (κ3) is 4.39. The van der Waals surface area contributed by atoms with Crippen molar-refractivity contribution in [1.82, 2.24) is 0 Å². The SMILES string of the molecule is O=S(=O)(c1ccc(Cl)cc1)C(CCl)Sc1ccc(Br)cc1. The van der Waals surface area contributed by atoms with Crippen molar-refractivity contribution in [3.63, 3.8) is 0 Å². The highest BCUT2D eigenvalue weighted by molar-refractivity contribution is 9.10. The number of sulfone groups is 1. The predicted molar refractivity (Wildman–Crippen MR) is 93.1 cm³/mol. The minimum atomic E-state index is -3.52. The number of benzene rings is 2. The van der Waals surface area contributed by atoms with E-state index in [0.29, 0.717) is 5.02 Å². The van der Waals surface area contributed by atoms with Crippen LogP contribution in [-0.2, 0) is 9.84 Å². The van der Waals surface area contributed by atoms with Crippen LogP contribution < -0.4 is 0 Å². The molecule has 2 aromatic carbocycles. The highest BCUT2D eigenvalue weighted by atomic mass is 79.9. The first-order valence-electron chi connectivity index (χ1n) is 5.91. The fourth-order valence-corrected chi connectivity index (χ4v) is 5.51. The van der Waals surface area contributed by atoms with Gasteiger partial charge in [-0.3, -0.25) is 0 Å². The molecule has 0 fully saturated rings. The normalized spacial score (nSPS) is 13.1. The summed E-state index contributed by atoms with van der Waals surface area (Å²) in [4.78, 5) is 1.07. The molecule has 0 spiro atoms. The molecule has 2 rings (SSSR count). The molecule has 0 bridgehead atoms. The fraction of sp³-hybridized carbons (Fsp3) is 0.143. The van der Waals surface area contributed by atoms with E-state index in [9.17, 15) is 8.42 Å². The van der Waals surface area contributed by atoms with Gasteiger partial charge in [-0.05, 0) is 48.5 Å². The Morgan fingerprint density at radius 1 is 1.05 bits per heavy atom. The van der Waals surface area contributed by atoms with Gasteiger partial charge in [0, 0.05) is 20.3 Å². The first kappa shape index (κ1) is 17.2. The summed E-state index contributed by atoms with van der Waals surface area (Å²) < 4.78 is 25.4. The van der Waals surface area contributed by atoms with Gasteiger partial charge in [-0.25, -0.2) is 8.42 Å². The van der Waals surface area contributed by atoms with Gasteiger partial charge in [-0.2, -0.15) is 0 Å². The van der Waals surface area contributed by atoms with Crippen molar-refractivity contribution in [1.29, 1.82) is 0 Å². The topological polar surface area (TPSA) is 34.1 Å². The van der Waals surface area contributed by atoms with Crippen LogP contribution in [0.25, 0.3) is 0 Å². The van der Waals surface area contributed by atoms with Gasteiger partial charge in [0.1, 0.15) is 4.58 Å². The number of thioether (sulfide) groups is 1. The van der Waals surface area contributed by atoms with Gasteiger partial charge < -0.3 is 0 Å². The predicted octanol–water partition coefficient (Wildman–Crippen LogP) is 5.23. The fourth-order valence-electron chi connectivity index (χ4n) is 1.62. The molecule has 0 saturated heterocycles. The largest absolute Gasteiger partial charge is 0.222 e. The Labute approximate surface area is 146 Å². The van der Waals surface area contributed by atoms with Crippen LogP contribution in [0.4, 0.5) is 0 Å². The number of alkyl halides is 1. The molecule has 112 valence electrons. The van der Waals surface area contributed by atoms with Crippen LogP contribution in [0.15, 0.2) is 62.8 Å². The minimum Gasteiger partial charge on any atom is -0.222 e. The van der Waals surface area contributed by atoms with Gasteiger partial charge >= 0.3 is 0 Å². The number of halogens is 3. The minimum absolute atomic E-state index is 0.00565. The summed E-state index contributed by atoms with van der Waals surface area (Å²) in [6, 6.07) is 13.6. The molecule has 0 saturated carbocycles. The quantitative estimate of drug-likeness (QED) is 0.485. The molecule has 7 heteroatoms. The summed E-state index contributed by atoms with van der Waals surface area (Å²) in [5, 5.41) is 0.497. The van der Waals surface area contributed by atoms with Crippen molar-refractivity contribution in [3.05, 3.63) is 58.0 Å². The summed E-state index contributed by atoms with van der Waals surface area (Å²) in [7, 11) is -3.52. The molecule has 0 heterocycles. The van der Waals surface area contributed by atoms with Crippen LogP contribution in [-0.4, -0.2) is 18.9 Å². The molecule has 0 N–H and O–H groups in total. The van der Waals surface area contributed by atoms with Gasteiger partial charge in [0.15, 0.2) is 9.84 Å². The zero-order valence-corrected chi connectivity index (χ0v) is 15.4. The third-order valence-electron chi connectivity index (χ3n) is 2.70. The number of hydrogen-bond donors (Lipinski definition) is 0. The lowest BCUT2D eigenvalue weighted by Crippen LogP contribution is -2.19. The molecule has 0 aromatic heterocycles. The standard InChI is InChI=1S/C14H11BrCl2O2S2/c15-10-1-5-12(6-2-10)20-14(9-16)21(18,19)13-7-3-11(17)4-8-13/h1-8,14H,9H2. The first-order valence-corrected chi connectivity index (χ1v) is 10.0. The summed E-state index contributed by atoms with van der Waals surface area (Å²) >= 11 is 16.2. The second-order valence-corrected chi connectivity index (χ2v) is 9.52. The van der Waals surface area contributed by atoms with E-state index in [-0.39, 0.29) is 10.8 Å². The van der Waals surface area contributed by atoms with E-state index in [1.807, 2.05) is 24.3 Å². The lowest BCUT2D eigenvalue weighted by atomic mass is 10.4. The summed E-state index contributed by atoms with van der Waals surface area (Å²) in [6.45, 7) is 0. The molecule has 0 aliphatic rings. The average Bonchev–Trinajstić information content (AvgIpc) is 2.47. The third-order valence-corrected chi connectivity index (χ3v) is 7.96. The van der Waals surface area contributed by atoms with Crippen LogP contribution >= 0.6 is 50.9 Å². The molecule has 0 aliphatic carbocycles. The summed E-state index contributed by atoms with van der Waals surface area (Å²) in [5.41, 5.74) is 0. The Bertz CT molecular complexity index is 701. The Morgan fingerprint density at radius 2 is 1.62 bits per heavy atom. The zero-order valence-electron chi connectivity index (χ0n) is 10.7. The molecule has 0 radical (unpaired) electrons. The lowest BCUT2D eigenvalue weighted by molar-refractivity contribution is 0.595. The van der Waals surface area contributed by atoms with Crippen LogP contribution in [0.2, 0.25) is 5.02 Å². The monoisotopic (exact) mass is 424 g/mol. The molecule has 0 amide bonds. The summed E-state index contributed by atoms with van der Waals surface area (Å²) in [5.74, 6) is 0.00565. The summed E-state index contributed by atoms with van der Waals surface area (Å²) in [6.07, 6.45) is 0. The Hall–Kier alpha value is -0.200. The van der Waals surface area contributed by atoms with Crippen molar-refractivity contribution in [3.8, 4) is 0 Å². The van der Waals surface area contributed by atoms with Crippen molar-refractivity contribution < 1.29 is 8.42 Å². The highest BCUT2D eigenvalue weighted by Gasteiger charge is 2.27. The second-order valence-electron chi connectivity index (χ2n) is 4.15. The maximum absolute atomic E-state index is 12.6. The van der Waals surface area contributed by atoms with E-state index >= 15 is 0 Å². The molecular weight excluding hydrogens is 415 g/mol. The van der Waals surface area contributed by atoms with Crippen LogP contribution in [0.3, 0.4) is 0 Å². The van der Waals surface area contributed by atoms with Crippen molar-refractivity contribution in [2.75, 3.05) is 5.88 Å². The van der Waals surface area contributed by atoms with Crippen molar-refractivity contribution in [2.45, 2.75) is 14.4 Å². The van der Waals surface area contributed by atoms with E-state index in [0.717, 1.165) is 9.37 Å². The van der Waals surface area contributed by atoms with E-state index in [1.54, 1.807) is 12.1 Å². The van der Waals surface area contributed by atoms with E-state index < -0.39 is 14.4 Å². The maximum atomic E-state index is 12.6. The van der Waals surface area contributed by atoms with Gasteiger partial charge in [0.05, 0.1) is 4.90 Å². The Balaban J connectivity index is 2.27. The molecule has 21 heavy (non-hydrogen) atoms. The molecular formula is C14H11BrCl2O2S2. The first-order chi connectivity index (χ1) is 9.93. The Kier molecular flexibility index (Phi) is 6.03. The van der Waals surface area contributed by atoms with Gasteiger partial charge in [0.2, 0.25) is 0 Å². The lowest BCUT2D eigenvalue weighted by Gasteiger charge is -2.15. The molecule has 2 aromatic rings. The molecule has 1 unspecified atom stereocenters. The zero-order chi connectivity index (χ0) is 15.5. The molecule has 2 nitrogen and oxygen atoms in total. The van der Waals surface area contributed by atoms with Gasteiger partial charge in [-0.1, -0.05) is 27.5 Å². The van der Waals surface area contributed by atoms with E-state index in [4.69, 9.17) is 23.2 Å². The molecule has 0 aliphatic heterocycles. The highest BCUT2D eigenvalue weighted by Crippen LogP contribution is 2.32.